The van der Waals surface area contributed by atoms with Gasteiger partial charge in [0, 0.05) is 53.4 Å². The van der Waals surface area contributed by atoms with E-state index in [1.54, 1.807) is 24.7 Å². The van der Waals surface area contributed by atoms with E-state index in [0.29, 0.717) is 6.61 Å². The average molecular weight is 605 g/mol. The number of hydrogen-bond acceptors (Lipinski definition) is 7. The number of fused-ring (bicyclic) bond motifs is 2. The second kappa shape index (κ2) is 12.7. The molecular formula is C35H37FN8O. The van der Waals surface area contributed by atoms with Crippen molar-refractivity contribution >= 4 is 27.5 Å². The Morgan fingerprint density at radius 1 is 0.956 bits per heavy atom. The van der Waals surface area contributed by atoms with Crippen LogP contribution >= 0.6 is 0 Å². The first-order valence-electron chi connectivity index (χ1n) is 15.5. The largest absolute Gasteiger partial charge is 0.491 e. The van der Waals surface area contributed by atoms with Gasteiger partial charge in [-0.2, -0.15) is 5.10 Å². The van der Waals surface area contributed by atoms with Gasteiger partial charge in [-0.05, 0) is 93.6 Å². The molecule has 10 heteroatoms. The van der Waals surface area contributed by atoms with Crippen LogP contribution in [-0.2, 0) is 0 Å². The minimum atomic E-state index is -0.276. The summed E-state index contributed by atoms with van der Waals surface area (Å²) >= 11 is 0. The van der Waals surface area contributed by atoms with Crippen molar-refractivity contribution in [2.24, 2.45) is 0 Å². The Kier molecular flexibility index (Phi) is 8.15. The summed E-state index contributed by atoms with van der Waals surface area (Å²) in [5, 5.41) is 13.1. The quantitative estimate of drug-likeness (QED) is 0.157. The molecule has 6 aromatic rings. The van der Waals surface area contributed by atoms with E-state index >= 15 is 0 Å². The minimum Gasteiger partial charge on any atom is -0.491 e. The molecule has 230 valence electrons. The fourth-order valence-electron chi connectivity index (χ4n) is 6.02. The van der Waals surface area contributed by atoms with Crippen molar-refractivity contribution in [3.8, 4) is 39.5 Å². The lowest BCUT2D eigenvalue weighted by atomic mass is 10.0. The fraction of sp³-hybridized carbons (Fsp3) is 0.286. The summed E-state index contributed by atoms with van der Waals surface area (Å²) in [5.74, 6) is 0.457. The standard InChI is InChI=1S/C35H37FN8O/c1-43(2)11-8-38-26-15-23(14-25(36)17-26)28-6-5-7-31-29(28)18-33(40-31)35-30-19-32(39-22-34(30)41-42-35)24-16-27(21-37-20-24)45-13-12-44-9-3-4-10-44/h5-7,14-22,38,40H,3-4,8-13H2,1-2H3,(H,41,42). The maximum Gasteiger partial charge on any atom is 0.138 e. The smallest absolute Gasteiger partial charge is 0.138 e. The first-order valence-corrected chi connectivity index (χ1v) is 15.5. The molecule has 0 radical (unpaired) electrons. The van der Waals surface area contributed by atoms with Crippen molar-refractivity contribution in [1.82, 2.24) is 34.9 Å². The van der Waals surface area contributed by atoms with Crippen LogP contribution in [0, 0.1) is 5.82 Å². The van der Waals surface area contributed by atoms with Crippen LogP contribution in [-0.4, -0.2) is 88.4 Å². The topological polar surface area (TPSA) is 98.0 Å². The molecule has 4 aromatic heterocycles. The summed E-state index contributed by atoms with van der Waals surface area (Å²) < 4.78 is 20.8. The number of benzene rings is 2. The molecule has 0 bridgehead atoms. The maximum absolute atomic E-state index is 14.7. The fourth-order valence-corrected chi connectivity index (χ4v) is 6.02. The second-order valence-electron chi connectivity index (χ2n) is 11.9. The van der Waals surface area contributed by atoms with Gasteiger partial charge in [0.25, 0.3) is 0 Å². The van der Waals surface area contributed by atoms with E-state index in [1.807, 2.05) is 50.5 Å². The number of halogens is 1. The van der Waals surface area contributed by atoms with Gasteiger partial charge in [0.05, 0.1) is 29.3 Å². The molecule has 0 unspecified atom stereocenters. The highest BCUT2D eigenvalue weighted by Gasteiger charge is 2.16. The van der Waals surface area contributed by atoms with Gasteiger partial charge in [0.1, 0.15) is 23.9 Å². The molecule has 3 N–H and O–H groups in total. The third-order valence-electron chi connectivity index (χ3n) is 8.35. The Labute approximate surface area is 261 Å². The van der Waals surface area contributed by atoms with Crippen molar-refractivity contribution in [3.05, 3.63) is 79.0 Å². The van der Waals surface area contributed by atoms with Crippen molar-refractivity contribution < 1.29 is 9.13 Å². The zero-order chi connectivity index (χ0) is 30.8. The van der Waals surface area contributed by atoms with Crippen molar-refractivity contribution in [1.29, 1.82) is 0 Å². The molecule has 1 saturated heterocycles. The van der Waals surface area contributed by atoms with Crippen LogP contribution in [0.25, 0.3) is 55.6 Å². The van der Waals surface area contributed by atoms with Gasteiger partial charge in [-0.25, -0.2) is 4.39 Å². The Bertz CT molecular complexity index is 1940. The van der Waals surface area contributed by atoms with Crippen LogP contribution in [0.5, 0.6) is 5.75 Å². The highest BCUT2D eigenvalue weighted by molar-refractivity contribution is 6.01. The number of nitrogens with zero attached hydrogens (tertiary/aromatic N) is 5. The van der Waals surface area contributed by atoms with E-state index < -0.39 is 0 Å². The van der Waals surface area contributed by atoms with E-state index in [0.717, 1.165) is 99.7 Å². The number of anilines is 1. The molecule has 9 nitrogen and oxygen atoms in total. The third kappa shape index (κ3) is 6.38. The van der Waals surface area contributed by atoms with Crippen LogP contribution in [0.15, 0.2) is 73.2 Å². The number of H-pyrrole nitrogens is 2. The van der Waals surface area contributed by atoms with Gasteiger partial charge >= 0.3 is 0 Å². The van der Waals surface area contributed by atoms with E-state index in [2.05, 4.69) is 46.3 Å². The first-order chi connectivity index (χ1) is 22.0. The van der Waals surface area contributed by atoms with E-state index in [1.165, 1.54) is 18.9 Å². The average Bonchev–Trinajstić information content (AvgIpc) is 3.80. The van der Waals surface area contributed by atoms with Crippen LogP contribution in [0.4, 0.5) is 10.1 Å². The normalized spacial score (nSPS) is 13.8. The van der Waals surface area contributed by atoms with Crippen molar-refractivity contribution in [2.45, 2.75) is 12.8 Å². The highest BCUT2D eigenvalue weighted by atomic mass is 19.1. The van der Waals surface area contributed by atoms with Gasteiger partial charge in [-0.1, -0.05) is 12.1 Å². The Morgan fingerprint density at radius 2 is 1.84 bits per heavy atom. The molecule has 7 rings (SSSR count). The number of hydrogen-bond donors (Lipinski definition) is 3. The lowest BCUT2D eigenvalue weighted by molar-refractivity contribution is 0.237. The molecule has 1 aliphatic heterocycles. The Balaban J connectivity index is 1.17. The number of likely N-dealkylation sites (N-methyl/N-ethyl adjacent to an activating group) is 1. The second-order valence-corrected chi connectivity index (χ2v) is 11.9. The molecule has 5 heterocycles. The molecule has 0 aliphatic carbocycles. The molecule has 1 fully saturated rings. The van der Waals surface area contributed by atoms with Crippen molar-refractivity contribution in [3.63, 3.8) is 0 Å². The molecule has 45 heavy (non-hydrogen) atoms. The maximum atomic E-state index is 14.7. The number of aromatic nitrogens is 5. The highest BCUT2D eigenvalue weighted by Crippen LogP contribution is 2.36. The monoisotopic (exact) mass is 604 g/mol. The molecular weight excluding hydrogens is 567 g/mol. The van der Waals surface area contributed by atoms with Gasteiger partial charge in [0.2, 0.25) is 0 Å². The minimum absolute atomic E-state index is 0.276. The molecule has 0 saturated carbocycles. The number of aromatic amines is 2. The number of pyridine rings is 2. The number of rotatable bonds is 11. The molecule has 0 atom stereocenters. The SMILES string of the molecule is CN(C)CCNc1cc(F)cc(-c2cccc3[nH]c(-c4n[nH]c5cnc(-c6cncc(OCCN7CCCC7)c6)cc45)cc23)c1. The third-order valence-corrected chi connectivity index (χ3v) is 8.35. The van der Waals surface area contributed by atoms with Crippen LogP contribution in [0.2, 0.25) is 0 Å². The summed E-state index contributed by atoms with van der Waals surface area (Å²) in [6.45, 7) is 5.44. The van der Waals surface area contributed by atoms with E-state index in [4.69, 9.17) is 4.74 Å². The van der Waals surface area contributed by atoms with Gasteiger partial charge in [-0.15, -0.1) is 0 Å². The van der Waals surface area contributed by atoms with Gasteiger partial charge in [0.15, 0.2) is 0 Å². The lowest BCUT2D eigenvalue weighted by Gasteiger charge is -2.15. The molecule has 2 aromatic carbocycles. The predicted molar refractivity (Wildman–Crippen MR) is 178 cm³/mol. The Morgan fingerprint density at radius 3 is 2.71 bits per heavy atom. The van der Waals surface area contributed by atoms with Crippen LogP contribution < -0.4 is 10.1 Å². The molecule has 0 amide bonds. The number of likely N-dealkylation sites (tertiary alicyclic amines) is 1. The zero-order valence-corrected chi connectivity index (χ0v) is 25.6. The lowest BCUT2D eigenvalue weighted by Crippen LogP contribution is -2.25. The van der Waals surface area contributed by atoms with E-state index in [-0.39, 0.29) is 5.82 Å². The number of ether oxygens (including phenoxy) is 1. The Hall–Kier alpha value is -4.80. The van der Waals surface area contributed by atoms with E-state index in [9.17, 15) is 4.39 Å². The van der Waals surface area contributed by atoms with Crippen molar-refractivity contribution in [2.75, 3.05) is 58.7 Å². The summed E-state index contributed by atoms with van der Waals surface area (Å²) in [6.07, 6.45) is 7.89. The van der Waals surface area contributed by atoms with Crippen LogP contribution in [0.1, 0.15) is 12.8 Å². The summed E-state index contributed by atoms with van der Waals surface area (Å²) in [7, 11) is 4.04. The van der Waals surface area contributed by atoms with Crippen LogP contribution in [0.3, 0.4) is 0 Å². The number of nitrogens with one attached hydrogen (secondary N) is 3. The summed E-state index contributed by atoms with van der Waals surface area (Å²) in [4.78, 5) is 17.2. The summed E-state index contributed by atoms with van der Waals surface area (Å²) in [5.41, 5.74) is 7.60. The van der Waals surface area contributed by atoms with Gasteiger partial charge in [-0.3, -0.25) is 20.0 Å². The summed E-state index contributed by atoms with van der Waals surface area (Å²) in [6, 6.07) is 17.3. The molecule has 0 spiro atoms. The molecule has 1 aliphatic rings. The zero-order valence-electron chi connectivity index (χ0n) is 25.6. The van der Waals surface area contributed by atoms with Gasteiger partial charge < -0.3 is 19.9 Å². The predicted octanol–water partition coefficient (Wildman–Crippen LogP) is 6.42. The first kappa shape index (κ1) is 28.9.